The van der Waals surface area contributed by atoms with Crippen LogP contribution in [0.15, 0.2) is 54.6 Å². The summed E-state index contributed by atoms with van der Waals surface area (Å²) in [5.74, 6) is -6.08. The summed E-state index contributed by atoms with van der Waals surface area (Å²) in [6.07, 6.45) is 0. The van der Waals surface area contributed by atoms with Gasteiger partial charge in [0.25, 0.3) is 0 Å². The Hall–Kier alpha value is -2.82. The van der Waals surface area contributed by atoms with Crippen molar-refractivity contribution < 1.29 is 23.9 Å². The minimum Gasteiger partial charge on any atom is -0.481 e. The number of carboxylic acid groups (broad SMARTS) is 1. The second-order valence-corrected chi connectivity index (χ2v) is 6.13. The largest absolute Gasteiger partial charge is 0.481 e. The van der Waals surface area contributed by atoms with Gasteiger partial charge >= 0.3 is 5.97 Å². The zero-order chi connectivity index (χ0) is 18.6. The molecule has 2 aromatic rings. The molecule has 0 fully saturated rings. The number of aliphatic carboxylic acids is 1. The highest BCUT2D eigenvalue weighted by molar-refractivity contribution is 6.10. The van der Waals surface area contributed by atoms with Gasteiger partial charge in [-0.25, -0.2) is 4.39 Å². The van der Waals surface area contributed by atoms with Gasteiger partial charge in [0.2, 0.25) is 0 Å². The lowest BCUT2D eigenvalue weighted by atomic mass is 9.76. The van der Waals surface area contributed by atoms with Crippen molar-refractivity contribution in [2.75, 3.05) is 0 Å². The van der Waals surface area contributed by atoms with Crippen LogP contribution in [-0.4, -0.2) is 22.6 Å². The maximum absolute atomic E-state index is 13.1. The van der Waals surface area contributed by atoms with Crippen molar-refractivity contribution in [3.8, 4) is 0 Å². The fourth-order valence-corrected chi connectivity index (χ4v) is 2.74. The summed E-state index contributed by atoms with van der Waals surface area (Å²) in [7, 11) is 0. The summed E-state index contributed by atoms with van der Waals surface area (Å²) in [6.45, 7) is 3.20. The smallest absolute Gasteiger partial charge is 0.315 e. The number of halogens is 1. The van der Waals surface area contributed by atoms with Gasteiger partial charge in [0.15, 0.2) is 11.6 Å². The Morgan fingerprint density at radius 3 is 1.96 bits per heavy atom. The first-order valence-corrected chi connectivity index (χ1v) is 7.94. The van der Waals surface area contributed by atoms with E-state index in [1.54, 1.807) is 44.2 Å². The summed E-state index contributed by atoms with van der Waals surface area (Å²) >= 11 is 0. The molecule has 5 heteroatoms. The second-order valence-electron chi connectivity index (χ2n) is 6.13. The van der Waals surface area contributed by atoms with Gasteiger partial charge in [0.1, 0.15) is 11.7 Å². The van der Waals surface area contributed by atoms with Crippen molar-refractivity contribution in [1.29, 1.82) is 0 Å². The molecule has 1 N–H and O–H groups in total. The van der Waals surface area contributed by atoms with E-state index in [2.05, 4.69) is 0 Å². The third kappa shape index (κ3) is 4.18. The molecule has 2 unspecified atom stereocenters. The molecule has 0 aliphatic heterocycles. The molecule has 130 valence electrons. The minimum absolute atomic E-state index is 0.165. The van der Waals surface area contributed by atoms with E-state index in [0.717, 1.165) is 12.1 Å². The molecule has 0 saturated heterocycles. The van der Waals surface area contributed by atoms with E-state index >= 15 is 0 Å². The molecule has 0 heterocycles. The van der Waals surface area contributed by atoms with Gasteiger partial charge in [-0.05, 0) is 29.8 Å². The number of benzene rings is 2. The number of carboxylic acids is 1. The zero-order valence-electron chi connectivity index (χ0n) is 14.0. The molecule has 0 spiro atoms. The van der Waals surface area contributed by atoms with Crippen LogP contribution in [0.5, 0.6) is 0 Å². The summed E-state index contributed by atoms with van der Waals surface area (Å²) in [5.41, 5.74) is 0.608. The van der Waals surface area contributed by atoms with E-state index in [4.69, 9.17) is 0 Å². The lowest BCUT2D eigenvalue weighted by Crippen LogP contribution is -2.36. The maximum Gasteiger partial charge on any atom is 0.315 e. The highest BCUT2D eigenvalue weighted by Gasteiger charge is 2.41. The van der Waals surface area contributed by atoms with Gasteiger partial charge in [0.05, 0.1) is 5.92 Å². The molecule has 2 rings (SSSR count). The standard InChI is InChI=1S/C20H19FO4/c1-12(2)18(22)17(20(24)25)16(13-6-4-3-5-7-13)19(23)14-8-10-15(21)11-9-14/h3-12,16-17H,1-2H3,(H,24,25). The molecule has 2 atom stereocenters. The van der Waals surface area contributed by atoms with Gasteiger partial charge < -0.3 is 5.11 Å². The first kappa shape index (κ1) is 18.5. The van der Waals surface area contributed by atoms with Crippen molar-refractivity contribution in [3.05, 3.63) is 71.5 Å². The second kappa shape index (κ2) is 7.83. The molecule has 0 aromatic heterocycles. The van der Waals surface area contributed by atoms with Crippen LogP contribution in [0.25, 0.3) is 0 Å². The first-order valence-electron chi connectivity index (χ1n) is 7.94. The topological polar surface area (TPSA) is 71.4 Å². The Morgan fingerprint density at radius 1 is 0.920 bits per heavy atom. The summed E-state index contributed by atoms with van der Waals surface area (Å²) in [6, 6.07) is 13.2. The van der Waals surface area contributed by atoms with Gasteiger partial charge in [-0.3, -0.25) is 14.4 Å². The molecule has 25 heavy (non-hydrogen) atoms. The fraction of sp³-hybridized carbons (Fsp3) is 0.250. The van der Waals surface area contributed by atoms with E-state index in [1.807, 2.05) is 0 Å². The zero-order valence-corrected chi connectivity index (χ0v) is 14.0. The Labute approximate surface area is 145 Å². The molecule has 0 saturated carbocycles. The van der Waals surface area contributed by atoms with Gasteiger partial charge in [-0.15, -0.1) is 0 Å². The van der Waals surface area contributed by atoms with E-state index in [1.165, 1.54) is 12.1 Å². The number of carbonyl (C=O) groups excluding carboxylic acids is 2. The third-order valence-corrected chi connectivity index (χ3v) is 4.04. The number of hydrogen-bond acceptors (Lipinski definition) is 3. The SMILES string of the molecule is CC(C)C(=O)C(C(=O)O)C(C(=O)c1ccc(F)cc1)c1ccccc1. The number of hydrogen-bond donors (Lipinski definition) is 1. The third-order valence-electron chi connectivity index (χ3n) is 4.04. The van der Waals surface area contributed by atoms with Crippen LogP contribution in [0.2, 0.25) is 0 Å². The molecule has 0 aliphatic carbocycles. The Morgan fingerprint density at radius 2 is 1.48 bits per heavy atom. The van der Waals surface area contributed by atoms with Crippen molar-refractivity contribution >= 4 is 17.5 Å². The maximum atomic E-state index is 13.1. The van der Waals surface area contributed by atoms with Crippen LogP contribution in [0.1, 0.15) is 35.7 Å². The van der Waals surface area contributed by atoms with E-state index in [0.29, 0.717) is 5.56 Å². The Balaban J connectivity index is 2.56. The van der Waals surface area contributed by atoms with Crippen LogP contribution in [-0.2, 0) is 9.59 Å². The predicted octanol–water partition coefficient (Wildman–Crippen LogP) is 3.72. The average Bonchev–Trinajstić information content (AvgIpc) is 2.59. The highest BCUT2D eigenvalue weighted by Crippen LogP contribution is 2.31. The summed E-state index contributed by atoms with van der Waals surface area (Å²) in [5, 5.41) is 9.63. The molecule has 0 amide bonds. The number of ketones is 2. The minimum atomic E-state index is -1.50. The van der Waals surface area contributed by atoms with E-state index in [-0.39, 0.29) is 5.56 Å². The summed E-state index contributed by atoms with van der Waals surface area (Å²) < 4.78 is 13.1. The monoisotopic (exact) mass is 342 g/mol. The lowest BCUT2D eigenvalue weighted by Gasteiger charge is -2.24. The molecule has 2 aromatic carbocycles. The van der Waals surface area contributed by atoms with Crippen molar-refractivity contribution in [2.45, 2.75) is 19.8 Å². The first-order chi connectivity index (χ1) is 11.8. The van der Waals surface area contributed by atoms with E-state index < -0.39 is 41.1 Å². The molecule has 0 radical (unpaired) electrons. The molecule has 0 bridgehead atoms. The lowest BCUT2D eigenvalue weighted by molar-refractivity contribution is -0.147. The number of carbonyl (C=O) groups is 3. The quantitative estimate of drug-likeness (QED) is 0.615. The predicted molar refractivity (Wildman–Crippen MR) is 90.9 cm³/mol. The summed E-state index contributed by atoms with van der Waals surface area (Å²) in [4.78, 5) is 37.3. The molecule has 4 nitrogen and oxygen atoms in total. The van der Waals surface area contributed by atoms with Crippen LogP contribution < -0.4 is 0 Å². The molecular formula is C20H19FO4. The number of Topliss-reactive ketones (excluding diaryl/α,β-unsaturated/α-hetero) is 2. The van der Waals surface area contributed by atoms with Gasteiger partial charge in [0, 0.05) is 11.5 Å². The highest BCUT2D eigenvalue weighted by atomic mass is 19.1. The normalized spacial score (nSPS) is 13.3. The van der Waals surface area contributed by atoms with Crippen LogP contribution in [0.3, 0.4) is 0 Å². The van der Waals surface area contributed by atoms with Gasteiger partial charge in [-0.2, -0.15) is 0 Å². The van der Waals surface area contributed by atoms with Gasteiger partial charge in [-0.1, -0.05) is 44.2 Å². The number of rotatable bonds is 7. The van der Waals surface area contributed by atoms with Crippen LogP contribution in [0, 0.1) is 17.7 Å². The average molecular weight is 342 g/mol. The molecule has 0 aliphatic rings. The van der Waals surface area contributed by atoms with Crippen molar-refractivity contribution in [2.24, 2.45) is 11.8 Å². The Kier molecular flexibility index (Phi) is 5.80. The molecular weight excluding hydrogens is 323 g/mol. The van der Waals surface area contributed by atoms with E-state index in [9.17, 15) is 23.9 Å². The van der Waals surface area contributed by atoms with Crippen molar-refractivity contribution in [3.63, 3.8) is 0 Å². The van der Waals surface area contributed by atoms with Crippen LogP contribution >= 0.6 is 0 Å². The van der Waals surface area contributed by atoms with Crippen LogP contribution in [0.4, 0.5) is 4.39 Å². The van der Waals surface area contributed by atoms with Crippen molar-refractivity contribution in [1.82, 2.24) is 0 Å². The Bertz CT molecular complexity index is 766. The fourth-order valence-electron chi connectivity index (χ4n) is 2.74.